The fraction of sp³-hybridized carbons (Fsp3) is 0.533. The zero-order valence-corrected chi connectivity index (χ0v) is 12.0. The molecule has 0 atom stereocenters. The van der Waals surface area contributed by atoms with Crippen LogP contribution in [0.15, 0.2) is 24.3 Å². The SMILES string of the molecule is CN(CCOCC1CC1)C(=O)c1cccc(CCl)c1. The number of ether oxygens (including phenoxy) is 1. The van der Waals surface area contributed by atoms with Crippen LogP contribution in [0.2, 0.25) is 0 Å². The van der Waals surface area contributed by atoms with Gasteiger partial charge in [0.15, 0.2) is 0 Å². The predicted molar refractivity (Wildman–Crippen MR) is 76.5 cm³/mol. The van der Waals surface area contributed by atoms with E-state index in [9.17, 15) is 4.79 Å². The van der Waals surface area contributed by atoms with Gasteiger partial charge >= 0.3 is 0 Å². The standard InChI is InChI=1S/C15H20ClNO2/c1-17(7-8-19-11-12-5-6-12)15(18)14-4-2-3-13(9-14)10-16/h2-4,9,12H,5-8,10-11H2,1H3. The highest BCUT2D eigenvalue weighted by molar-refractivity contribution is 6.17. The zero-order valence-electron chi connectivity index (χ0n) is 11.3. The van der Waals surface area contributed by atoms with Crippen LogP contribution in [-0.4, -0.2) is 37.6 Å². The lowest BCUT2D eigenvalue weighted by Gasteiger charge is -2.17. The second-order valence-corrected chi connectivity index (χ2v) is 5.35. The Hall–Kier alpha value is -1.06. The van der Waals surface area contributed by atoms with Crippen molar-refractivity contribution >= 4 is 17.5 Å². The Labute approximate surface area is 119 Å². The van der Waals surface area contributed by atoms with E-state index in [0.29, 0.717) is 24.6 Å². The zero-order chi connectivity index (χ0) is 13.7. The summed E-state index contributed by atoms with van der Waals surface area (Å²) in [6.45, 7) is 2.06. The number of halogens is 1. The maximum absolute atomic E-state index is 12.2. The fourth-order valence-corrected chi connectivity index (χ4v) is 2.01. The maximum Gasteiger partial charge on any atom is 0.253 e. The summed E-state index contributed by atoms with van der Waals surface area (Å²) in [6, 6.07) is 7.45. The van der Waals surface area contributed by atoms with Crippen molar-refractivity contribution in [1.82, 2.24) is 4.90 Å². The van der Waals surface area contributed by atoms with Gasteiger partial charge in [-0.3, -0.25) is 4.79 Å². The van der Waals surface area contributed by atoms with Crippen LogP contribution in [0.3, 0.4) is 0 Å². The van der Waals surface area contributed by atoms with Crippen molar-refractivity contribution in [2.75, 3.05) is 26.8 Å². The van der Waals surface area contributed by atoms with Crippen LogP contribution in [0.25, 0.3) is 0 Å². The molecule has 2 rings (SSSR count). The van der Waals surface area contributed by atoms with Crippen molar-refractivity contribution in [3.63, 3.8) is 0 Å². The predicted octanol–water partition coefficient (Wildman–Crippen LogP) is 2.92. The molecule has 0 aromatic heterocycles. The van der Waals surface area contributed by atoms with Crippen molar-refractivity contribution in [2.45, 2.75) is 18.7 Å². The van der Waals surface area contributed by atoms with E-state index in [-0.39, 0.29) is 5.91 Å². The molecule has 0 radical (unpaired) electrons. The molecule has 3 nitrogen and oxygen atoms in total. The van der Waals surface area contributed by atoms with Crippen molar-refractivity contribution in [3.8, 4) is 0 Å². The minimum atomic E-state index is 0.0157. The van der Waals surface area contributed by atoms with Crippen LogP contribution in [0.5, 0.6) is 0 Å². The largest absolute Gasteiger partial charge is 0.379 e. The molecule has 1 saturated carbocycles. The lowest BCUT2D eigenvalue weighted by Crippen LogP contribution is -2.30. The molecule has 1 fully saturated rings. The van der Waals surface area contributed by atoms with E-state index in [4.69, 9.17) is 16.3 Å². The summed E-state index contributed by atoms with van der Waals surface area (Å²) in [5.41, 5.74) is 1.65. The number of nitrogens with zero attached hydrogens (tertiary/aromatic N) is 1. The average Bonchev–Trinajstić information content (AvgIpc) is 3.26. The summed E-state index contributed by atoms with van der Waals surface area (Å²) in [7, 11) is 1.80. The van der Waals surface area contributed by atoms with E-state index in [1.54, 1.807) is 11.9 Å². The van der Waals surface area contributed by atoms with Gasteiger partial charge in [0, 0.05) is 31.6 Å². The van der Waals surface area contributed by atoms with Crippen LogP contribution in [0.1, 0.15) is 28.8 Å². The summed E-state index contributed by atoms with van der Waals surface area (Å²) < 4.78 is 5.54. The first-order valence-electron chi connectivity index (χ1n) is 6.69. The van der Waals surface area contributed by atoms with Crippen LogP contribution in [0.4, 0.5) is 0 Å². The molecule has 1 aliphatic carbocycles. The molecule has 0 bridgehead atoms. The third kappa shape index (κ3) is 4.51. The minimum absolute atomic E-state index is 0.0157. The van der Waals surface area contributed by atoms with Gasteiger partial charge in [-0.15, -0.1) is 11.6 Å². The number of likely N-dealkylation sites (N-methyl/N-ethyl adjacent to an activating group) is 1. The first kappa shape index (κ1) is 14.4. The Morgan fingerprint density at radius 3 is 2.95 bits per heavy atom. The highest BCUT2D eigenvalue weighted by atomic mass is 35.5. The number of carbonyl (C=O) groups excluding carboxylic acids is 1. The Morgan fingerprint density at radius 1 is 1.47 bits per heavy atom. The van der Waals surface area contributed by atoms with Crippen molar-refractivity contribution in [2.24, 2.45) is 5.92 Å². The summed E-state index contributed by atoms with van der Waals surface area (Å²) in [5.74, 6) is 1.21. The number of carbonyl (C=O) groups is 1. The van der Waals surface area contributed by atoms with Gasteiger partial charge in [0.25, 0.3) is 5.91 Å². The Bertz CT molecular complexity index is 432. The highest BCUT2D eigenvalue weighted by Gasteiger charge is 2.21. The Balaban J connectivity index is 1.79. The molecule has 1 aromatic carbocycles. The topological polar surface area (TPSA) is 29.5 Å². The molecule has 0 spiro atoms. The third-order valence-corrected chi connectivity index (χ3v) is 3.61. The van der Waals surface area contributed by atoms with Gasteiger partial charge in [0.2, 0.25) is 0 Å². The van der Waals surface area contributed by atoms with E-state index >= 15 is 0 Å². The molecule has 0 unspecified atom stereocenters. The summed E-state index contributed by atoms with van der Waals surface area (Å²) in [6.07, 6.45) is 2.58. The monoisotopic (exact) mass is 281 g/mol. The molecule has 104 valence electrons. The second-order valence-electron chi connectivity index (χ2n) is 5.08. The first-order chi connectivity index (χ1) is 9.20. The summed E-state index contributed by atoms with van der Waals surface area (Å²) in [5, 5.41) is 0. The lowest BCUT2D eigenvalue weighted by atomic mass is 10.1. The van der Waals surface area contributed by atoms with Gasteiger partial charge in [-0.05, 0) is 36.5 Å². The molecule has 0 aliphatic heterocycles. The average molecular weight is 282 g/mol. The highest BCUT2D eigenvalue weighted by Crippen LogP contribution is 2.28. The quantitative estimate of drug-likeness (QED) is 0.568. The molecular weight excluding hydrogens is 262 g/mol. The van der Waals surface area contributed by atoms with Crippen LogP contribution >= 0.6 is 11.6 Å². The van der Waals surface area contributed by atoms with Gasteiger partial charge in [0.1, 0.15) is 0 Å². The Morgan fingerprint density at radius 2 is 2.26 bits per heavy atom. The van der Waals surface area contributed by atoms with Gasteiger partial charge in [-0.1, -0.05) is 12.1 Å². The first-order valence-corrected chi connectivity index (χ1v) is 7.22. The molecule has 0 heterocycles. The fourth-order valence-electron chi connectivity index (χ4n) is 1.85. The number of rotatable bonds is 7. The number of amides is 1. The third-order valence-electron chi connectivity index (χ3n) is 3.30. The molecule has 4 heteroatoms. The van der Waals surface area contributed by atoms with Gasteiger partial charge < -0.3 is 9.64 Å². The molecule has 0 saturated heterocycles. The van der Waals surface area contributed by atoms with E-state index in [1.165, 1.54) is 12.8 Å². The lowest BCUT2D eigenvalue weighted by molar-refractivity contribution is 0.0681. The van der Waals surface area contributed by atoms with E-state index < -0.39 is 0 Å². The number of benzene rings is 1. The molecule has 1 aromatic rings. The summed E-state index contributed by atoms with van der Waals surface area (Å²) >= 11 is 5.78. The van der Waals surface area contributed by atoms with E-state index in [0.717, 1.165) is 18.1 Å². The number of hydrogen-bond acceptors (Lipinski definition) is 2. The van der Waals surface area contributed by atoms with Crippen molar-refractivity contribution in [1.29, 1.82) is 0 Å². The van der Waals surface area contributed by atoms with E-state index in [2.05, 4.69) is 0 Å². The number of hydrogen-bond donors (Lipinski definition) is 0. The van der Waals surface area contributed by atoms with Gasteiger partial charge in [-0.2, -0.15) is 0 Å². The summed E-state index contributed by atoms with van der Waals surface area (Å²) in [4.78, 5) is 13.9. The minimum Gasteiger partial charge on any atom is -0.379 e. The van der Waals surface area contributed by atoms with Gasteiger partial charge in [0.05, 0.1) is 6.61 Å². The van der Waals surface area contributed by atoms with Crippen molar-refractivity contribution in [3.05, 3.63) is 35.4 Å². The van der Waals surface area contributed by atoms with Gasteiger partial charge in [-0.25, -0.2) is 0 Å². The normalized spacial score (nSPS) is 14.4. The molecule has 1 amide bonds. The maximum atomic E-state index is 12.2. The molecule has 19 heavy (non-hydrogen) atoms. The van der Waals surface area contributed by atoms with Crippen LogP contribution in [0, 0.1) is 5.92 Å². The van der Waals surface area contributed by atoms with Crippen LogP contribution in [-0.2, 0) is 10.6 Å². The smallest absolute Gasteiger partial charge is 0.253 e. The van der Waals surface area contributed by atoms with Crippen molar-refractivity contribution < 1.29 is 9.53 Å². The Kier molecular flexibility index (Phi) is 5.23. The molecular formula is C15H20ClNO2. The molecule has 0 N–H and O–H groups in total. The van der Waals surface area contributed by atoms with Crippen LogP contribution < -0.4 is 0 Å². The number of alkyl halides is 1. The second kappa shape index (κ2) is 6.92. The van der Waals surface area contributed by atoms with E-state index in [1.807, 2.05) is 24.3 Å². The molecule has 1 aliphatic rings.